The number of nitrogens with one attached hydrogen (secondary N) is 2. The first-order valence-corrected chi connectivity index (χ1v) is 9.73. The predicted octanol–water partition coefficient (Wildman–Crippen LogP) is 3.77. The number of aliphatic hydroxyl groups excluding tert-OH is 1. The zero-order valence-electron chi connectivity index (χ0n) is 17.0. The van der Waals surface area contributed by atoms with E-state index in [1.54, 1.807) is 6.20 Å². The first-order chi connectivity index (χ1) is 13.2. The van der Waals surface area contributed by atoms with E-state index in [0.29, 0.717) is 18.4 Å². The molecule has 0 amide bonds. The second-order valence-electron chi connectivity index (χ2n) is 7.03. The Kier molecular flexibility index (Phi) is 11.7. The van der Waals surface area contributed by atoms with E-state index in [2.05, 4.69) is 42.5 Å². The van der Waals surface area contributed by atoms with Gasteiger partial charge in [-0.25, -0.2) is 0 Å². The number of benzene rings is 1. The fourth-order valence-corrected chi connectivity index (χ4v) is 3.08. The van der Waals surface area contributed by atoms with Gasteiger partial charge in [-0.15, -0.1) is 24.0 Å². The maximum atomic E-state index is 9.74. The summed E-state index contributed by atoms with van der Waals surface area (Å²) in [6, 6.07) is 14.1. The van der Waals surface area contributed by atoms with Gasteiger partial charge in [-0.3, -0.25) is 9.98 Å². The van der Waals surface area contributed by atoms with Gasteiger partial charge in [0.25, 0.3) is 0 Å². The molecule has 1 heterocycles. The van der Waals surface area contributed by atoms with Crippen molar-refractivity contribution < 1.29 is 5.11 Å². The average molecular weight is 496 g/mol. The molecule has 0 aliphatic carbocycles. The molecule has 0 aliphatic heterocycles. The van der Waals surface area contributed by atoms with Gasteiger partial charge in [-0.1, -0.05) is 50.2 Å². The van der Waals surface area contributed by atoms with Crippen molar-refractivity contribution in [1.29, 1.82) is 0 Å². The Balaban J connectivity index is 0.00000392. The number of aliphatic hydroxyl groups is 1. The third kappa shape index (κ3) is 7.75. The van der Waals surface area contributed by atoms with Gasteiger partial charge in [0.15, 0.2) is 5.96 Å². The summed E-state index contributed by atoms with van der Waals surface area (Å²) in [5, 5.41) is 16.5. The van der Waals surface area contributed by atoms with Crippen LogP contribution in [0.4, 0.5) is 0 Å². The van der Waals surface area contributed by atoms with E-state index >= 15 is 0 Å². The summed E-state index contributed by atoms with van der Waals surface area (Å²) in [6.07, 6.45) is 3.74. The van der Waals surface area contributed by atoms with Gasteiger partial charge in [0.05, 0.1) is 13.2 Å². The van der Waals surface area contributed by atoms with Crippen molar-refractivity contribution >= 4 is 29.9 Å². The SMILES string of the molecule is CCNC(=NCC(CO)c1ccccc1)NCC(c1cccnc1)C(C)C.I. The normalized spacial score (nSPS) is 13.5. The van der Waals surface area contributed by atoms with Gasteiger partial charge < -0.3 is 15.7 Å². The smallest absolute Gasteiger partial charge is 0.191 e. The number of aliphatic imine (C=N–C) groups is 1. The van der Waals surface area contributed by atoms with E-state index < -0.39 is 0 Å². The molecule has 3 N–H and O–H groups in total. The molecule has 2 rings (SSSR count). The fraction of sp³-hybridized carbons (Fsp3) is 0.455. The molecule has 6 heteroatoms. The Labute approximate surface area is 186 Å². The first-order valence-electron chi connectivity index (χ1n) is 9.73. The van der Waals surface area contributed by atoms with E-state index in [-0.39, 0.29) is 36.5 Å². The van der Waals surface area contributed by atoms with Gasteiger partial charge in [-0.05, 0) is 30.0 Å². The standard InChI is InChI=1S/C22H32N4O.HI/c1-4-24-22(25-14-20(16-27)18-9-6-5-7-10-18)26-15-21(17(2)3)19-11-8-12-23-13-19;/h5-13,17,20-21,27H,4,14-16H2,1-3H3,(H2,24,25,26);1H. The number of nitrogens with zero attached hydrogens (tertiary/aromatic N) is 2. The molecule has 2 atom stereocenters. The molecule has 154 valence electrons. The molecule has 0 spiro atoms. The minimum absolute atomic E-state index is 0. The van der Waals surface area contributed by atoms with Crippen molar-refractivity contribution in [3.05, 3.63) is 66.0 Å². The quantitative estimate of drug-likeness (QED) is 0.281. The van der Waals surface area contributed by atoms with E-state index in [4.69, 9.17) is 4.99 Å². The van der Waals surface area contributed by atoms with E-state index in [0.717, 1.165) is 24.6 Å². The molecule has 0 saturated carbocycles. The molecule has 2 aromatic rings. The van der Waals surface area contributed by atoms with Crippen molar-refractivity contribution in [2.75, 3.05) is 26.2 Å². The molecule has 0 radical (unpaired) electrons. The molecule has 0 fully saturated rings. The van der Waals surface area contributed by atoms with Crippen LogP contribution in [-0.4, -0.2) is 42.3 Å². The molecule has 0 bridgehead atoms. The van der Waals surface area contributed by atoms with Gasteiger partial charge >= 0.3 is 0 Å². The lowest BCUT2D eigenvalue weighted by Gasteiger charge is -2.23. The number of hydrogen-bond donors (Lipinski definition) is 3. The number of pyridine rings is 1. The van der Waals surface area contributed by atoms with Crippen LogP contribution in [0.5, 0.6) is 0 Å². The highest BCUT2D eigenvalue weighted by molar-refractivity contribution is 14.0. The van der Waals surface area contributed by atoms with E-state index in [1.165, 1.54) is 5.56 Å². The Morgan fingerprint density at radius 2 is 1.79 bits per heavy atom. The summed E-state index contributed by atoms with van der Waals surface area (Å²) in [4.78, 5) is 8.96. The van der Waals surface area contributed by atoms with Crippen LogP contribution >= 0.6 is 24.0 Å². The van der Waals surface area contributed by atoms with Crippen molar-refractivity contribution in [1.82, 2.24) is 15.6 Å². The number of halogens is 1. The fourth-order valence-electron chi connectivity index (χ4n) is 3.08. The van der Waals surface area contributed by atoms with Crippen molar-refractivity contribution in [3.63, 3.8) is 0 Å². The lowest BCUT2D eigenvalue weighted by atomic mass is 9.89. The van der Waals surface area contributed by atoms with E-state index in [9.17, 15) is 5.11 Å². The third-order valence-electron chi connectivity index (χ3n) is 4.71. The van der Waals surface area contributed by atoms with Gasteiger partial charge in [0.2, 0.25) is 0 Å². The zero-order chi connectivity index (χ0) is 19.5. The number of hydrogen-bond acceptors (Lipinski definition) is 3. The molecule has 0 saturated heterocycles. The minimum atomic E-state index is 0. The first kappa shape index (κ1) is 24.4. The summed E-state index contributed by atoms with van der Waals surface area (Å²) in [6.45, 7) is 8.69. The lowest BCUT2D eigenvalue weighted by Crippen LogP contribution is -2.40. The van der Waals surface area contributed by atoms with Gasteiger partial charge in [-0.2, -0.15) is 0 Å². The van der Waals surface area contributed by atoms with Crippen LogP contribution in [-0.2, 0) is 0 Å². The Hall–Kier alpha value is -1.67. The molecular formula is C22H33IN4O. The lowest BCUT2D eigenvalue weighted by molar-refractivity contribution is 0.268. The molecular weight excluding hydrogens is 463 g/mol. The highest BCUT2D eigenvalue weighted by Gasteiger charge is 2.17. The third-order valence-corrected chi connectivity index (χ3v) is 4.71. The van der Waals surface area contributed by atoms with Crippen LogP contribution in [0.15, 0.2) is 59.9 Å². The Morgan fingerprint density at radius 1 is 1.07 bits per heavy atom. The summed E-state index contributed by atoms with van der Waals surface area (Å²) in [5.41, 5.74) is 2.34. The molecule has 1 aromatic heterocycles. The molecule has 1 aromatic carbocycles. The summed E-state index contributed by atoms with van der Waals surface area (Å²) in [5.74, 6) is 1.62. The zero-order valence-corrected chi connectivity index (χ0v) is 19.3. The summed E-state index contributed by atoms with van der Waals surface area (Å²) < 4.78 is 0. The van der Waals surface area contributed by atoms with Crippen LogP contribution in [0.25, 0.3) is 0 Å². The van der Waals surface area contributed by atoms with Crippen LogP contribution in [0, 0.1) is 5.92 Å². The largest absolute Gasteiger partial charge is 0.396 e. The Morgan fingerprint density at radius 3 is 2.36 bits per heavy atom. The summed E-state index contributed by atoms with van der Waals surface area (Å²) >= 11 is 0. The van der Waals surface area contributed by atoms with Crippen molar-refractivity contribution in [3.8, 4) is 0 Å². The second kappa shape index (κ2) is 13.5. The van der Waals surface area contributed by atoms with Crippen molar-refractivity contribution in [2.24, 2.45) is 10.9 Å². The van der Waals surface area contributed by atoms with E-state index in [1.807, 2.05) is 42.6 Å². The monoisotopic (exact) mass is 496 g/mol. The summed E-state index contributed by atoms with van der Waals surface area (Å²) in [7, 11) is 0. The predicted molar refractivity (Wildman–Crippen MR) is 127 cm³/mol. The molecule has 5 nitrogen and oxygen atoms in total. The number of guanidine groups is 1. The number of rotatable bonds is 9. The van der Waals surface area contributed by atoms with Gasteiger partial charge in [0, 0.05) is 37.3 Å². The van der Waals surface area contributed by atoms with Crippen LogP contribution in [0.2, 0.25) is 0 Å². The van der Waals surface area contributed by atoms with Crippen molar-refractivity contribution in [2.45, 2.75) is 32.6 Å². The van der Waals surface area contributed by atoms with Crippen LogP contribution in [0.1, 0.15) is 43.7 Å². The maximum Gasteiger partial charge on any atom is 0.191 e. The average Bonchev–Trinajstić information content (AvgIpc) is 2.70. The van der Waals surface area contributed by atoms with Gasteiger partial charge in [0.1, 0.15) is 0 Å². The Bertz CT molecular complexity index is 679. The topological polar surface area (TPSA) is 69.5 Å². The highest BCUT2D eigenvalue weighted by Crippen LogP contribution is 2.22. The maximum absolute atomic E-state index is 9.74. The molecule has 0 aliphatic rings. The highest BCUT2D eigenvalue weighted by atomic mass is 127. The van der Waals surface area contributed by atoms with Crippen LogP contribution < -0.4 is 10.6 Å². The second-order valence-corrected chi connectivity index (χ2v) is 7.03. The molecule has 28 heavy (non-hydrogen) atoms. The van der Waals surface area contributed by atoms with Crippen LogP contribution in [0.3, 0.4) is 0 Å². The minimum Gasteiger partial charge on any atom is -0.396 e. The number of aromatic nitrogens is 1. The molecule has 2 unspecified atom stereocenters.